The summed E-state index contributed by atoms with van der Waals surface area (Å²) in [4.78, 5) is 6.74. The normalized spacial score (nSPS) is 14.2. The number of hydrogen-bond acceptors (Lipinski definition) is 4. The number of aromatic amines is 1. The second-order valence-corrected chi connectivity index (χ2v) is 5.94. The SMILES string of the molecule is CCc1ncc(S(=O)(=O)NC(CN)C(C)C)[nH]1. The van der Waals surface area contributed by atoms with Crippen molar-refractivity contribution in [3.05, 3.63) is 12.0 Å². The lowest BCUT2D eigenvalue weighted by molar-refractivity contribution is 0.454. The number of sulfonamides is 1. The summed E-state index contributed by atoms with van der Waals surface area (Å²) in [5.74, 6) is 0.794. The zero-order chi connectivity index (χ0) is 13.1. The van der Waals surface area contributed by atoms with E-state index in [2.05, 4.69) is 14.7 Å². The van der Waals surface area contributed by atoms with Gasteiger partial charge in [-0.15, -0.1) is 0 Å². The number of rotatable bonds is 6. The van der Waals surface area contributed by atoms with Crippen LogP contribution in [0.5, 0.6) is 0 Å². The third-order valence-electron chi connectivity index (χ3n) is 2.59. The van der Waals surface area contributed by atoms with Gasteiger partial charge in [-0.3, -0.25) is 0 Å². The molecule has 0 aliphatic carbocycles. The van der Waals surface area contributed by atoms with Gasteiger partial charge in [-0.25, -0.2) is 18.1 Å². The minimum absolute atomic E-state index is 0.0912. The lowest BCUT2D eigenvalue weighted by atomic mass is 10.1. The maximum Gasteiger partial charge on any atom is 0.257 e. The molecule has 17 heavy (non-hydrogen) atoms. The van der Waals surface area contributed by atoms with Gasteiger partial charge in [0, 0.05) is 19.0 Å². The first-order valence-electron chi connectivity index (χ1n) is 5.67. The molecule has 0 radical (unpaired) electrons. The van der Waals surface area contributed by atoms with Gasteiger partial charge in [0.15, 0.2) is 5.03 Å². The highest BCUT2D eigenvalue weighted by molar-refractivity contribution is 7.89. The molecule has 0 aliphatic rings. The molecule has 0 bridgehead atoms. The molecule has 4 N–H and O–H groups in total. The Kier molecular flexibility index (Phi) is 4.67. The number of H-pyrrole nitrogens is 1. The zero-order valence-corrected chi connectivity index (χ0v) is 11.2. The van der Waals surface area contributed by atoms with E-state index >= 15 is 0 Å². The molecule has 0 saturated heterocycles. The Balaban J connectivity index is 2.88. The molecule has 1 rings (SSSR count). The number of imidazole rings is 1. The summed E-state index contributed by atoms with van der Waals surface area (Å²) in [6.45, 7) is 6.01. The summed E-state index contributed by atoms with van der Waals surface area (Å²) in [5, 5.41) is 0.0912. The van der Waals surface area contributed by atoms with E-state index in [4.69, 9.17) is 5.73 Å². The Hall–Kier alpha value is -0.920. The fraction of sp³-hybridized carbons (Fsp3) is 0.700. The average molecular weight is 260 g/mol. The van der Waals surface area contributed by atoms with Crippen molar-refractivity contribution in [2.75, 3.05) is 6.54 Å². The minimum atomic E-state index is -3.55. The average Bonchev–Trinajstić information content (AvgIpc) is 2.74. The molecule has 98 valence electrons. The maximum absolute atomic E-state index is 12.0. The molecule has 6 nitrogen and oxygen atoms in total. The molecule has 1 unspecified atom stereocenters. The summed E-state index contributed by atoms with van der Waals surface area (Å²) >= 11 is 0. The first kappa shape index (κ1) is 14.1. The van der Waals surface area contributed by atoms with Crippen LogP contribution < -0.4 is 10.5 Å². The highest BCUT2D eigenvalue weighted by Crippen LogP contribution is 2.09. The van der Waals surface area contributed by atoms with Crippen LogP contribution in [0.3, 0.4) is 0 Å². The molecule has 0 aliphatic heterocycles. The minimum Gasteiger partial charge on any atom is -0.332 e. The Morgan fingerprint density at radius 2 is 2.18 bits per heavy atom. The number of nitrogens with one attached hydrogen (secondary N) is 2. The Bertz CT molecular complexity index is 453. The van der Waals surface area contributed by atoms with Crippen molar-refractivity contribution < 1.29 is 8.42 Å². The first-order chi connectivity index (χ1) is 7.90. The lowest BCUT2D eigenvalue weighted by Gasteiger charge is -2.19. The zero-order valence-electron chi connectivity index (χ0n) is 10.4. The highest BCUT2D eigenvalue weighted by Gasteiger charge is 2.22. The number of aromatic nitrogens is 2. The van der Waals surface area contributed by atoms with Gasteiger partial charge >= 0.3 is 0 Å². The Morgan fingerprint density at radius 1 is 1.53 bits per heavy atom. The van der Waals surface area contributed by atoms with Gasteiger partial charge in [-0.2, -0.15) is 0 Å². The summed E-state index contributed by atoms with van der Waals surface area (Å²) in [6, 6.07) is -0.270. The van der Waals surface area contributed by atoms with E-state index < -0.39 is 10.0 Å². The highest BCUT2D eigenvalue weighted by atomic mass is 32.2. The smallest absolute Gasteiger partial charge is 0.257 e. The molecule has 0 amide bonds. The van der Waals surface area contributed by atoms with Crippen molar-refractivity contribution in [3.8, 4) is 0 Å². The van der Waals surface area contributed by atoms with Crippen molar-refractivity contribution in [2.45, 2.75) is 38.3 Å². The summed E-state index contributed by atoms with van der Waals surface area (Å²) in [6.07, 6.45) is 2.00. The largest absolute Gasteiger partial charge is 0.332 e. The van der Waals surface area contributed by atoms with Crippen molar-refractivity contribution in [1.29, 1.82) is 0 Å². The summed E-state index contributed by atoms with van der Waals surface area (Å²) in [7, 11) is -3.55. The number of nitrogens with zero attached hydrogens (tertiary/aromatic N) is 1. The summed E-state index contributed by atoms with van der Waals surface area (Å²) < 4.78 is 26.6. The van der Waals surface area contributed by atoms with Gasteiger partial charge in [0.2, 0.25) is 0 Å². The van der Waals surface area contributed by atoms with E-state index in [1.54, 1.807) is 0 Å². The van der Waals surface area contributed by atoms with Crippen LogP contribution in [0.4, 0.5) is 0 Å². The van der Waals surface area contributed by atoms with Crippen LogP contribution >= 0.6 is 0 Å². The number of aryl methyl sites for hydroxylation is 1. The van der Waals surface area contributed by atoms with Crippen LogP contribution in [0.25, 0.3) is 0 Å². The Labute approximate surface area is 102 Å². The third-order valence-corrected chi connectivity index (χ3v) is 3.99. The van der Waals surface area contributed by atoms with Crippen LogP contribution in [0.2, 0.25) is 0 Å². The molecule has 7 heteroatoms. The molecule has 0 spiro atoms. The van der Waals surface area contributed by atoms with Gasteiger partial charge in [-0.1, -0.05) is 20.8 Å². The monoisotopic (exact) mass is 260 g/mol. The van der Waals surface area contributed by atoms with Crippen molar-refractivity contribution in [3.63, 3.8) is 0 Å². The molecule has 0 saturated carbocycles. The van der Waals surface area contributed by atoms with Crippen LogP contribution in [0, 0.1) is 5.92 Å². The molecule has 1 atom stereocenters. The summed E-state index contributed by atoms with van der Waals surface area (Å²) in [5.41, 5.74) is 5.54. The van der Waals surface area contributed by atoms with Gasteiger partial charge in [0.1, 0.15) is 5.82 Å². The Morgan fingerprint density at radius 3 is 2.59 bits per heavy atom. The topological polar surface area (TPSA) is 101 Å². The van der Waals surface area contributed by atoms with Gasteiger partial charge in [-0.05, 0) is 5.92 Å². The van der Waals surface area contributed by atoms with Crippen LogP contribution in [0.1, 0.15) is 26.6 Å². The van der Waals surface area contributed by atoms with E-state index in [9.17, 15) is 8.42 Å². The first-order valence-corrected chi connectivity index (χ1v) is 7.15. The fourth-order valence-electron chi connectivity index (χ4n) is 1.38. The van der Waals surface area contributed by atoms with E-state index in [-0.39, 0.29) is 23.5 Å². The lowest BCUT2D eigenvalue weighted by Crippen LogP contribution is -2.43. The maximum atomic E-state index is 12.0. The van der Waals surface area contributed by atoms with Crippen molar-refractivity contribution in [1.82, 2.24) is 14.7 Å². The quantitative estimate of drug-likeness (QED) is 0.681. The van der Waals surface area contributed by atoms with Crippen LogP contribution in [-0.2, 0) is 16.4 Å². The molecule has 0 fully saturated rings. The van der Waals surface area contributed by atoms with Crippen LogP contribution in [0.15, 0.2) is 11.2 Å². The third kappa shape index (κ3) is 3.52. The van der Waals surface area contributed by atoms with Crippen molar-refractivity contribution >= 4 is 10.0 Å². The number of nitrogens with two attached hydrogens (primary N) is 1. The second kappa shape index (κ2) is 5.61. The van der Waals surface area contributed by atoms with Crippen LogP contribution in [-0.4, -0.2) is 31.0 Å². The van der Waals surface area contributed by atoms with Crippen molar-refractivity contribution in [2.24, 2.45) is 11.7 Å². The molecular formula is C10H20N4O2S. The van der Waals surface area contributed by atoms with E-state index in [0.717, 1.165) is 0 Å². The van der Waals surface area contributed by atoms with Gasteiger partial charge in [0.05, 0.1) is 6.20 Å². The van der Waals surface area contributed by atoms with E-state index in [1.807, 2.05) is 20.8 Å². The van der Waals surface area contributed by atoms with Gasteiger partial charge in [0.25, 0.3) is 10.0 Å². The van der Waals surface area contributed by atoms with E-state index in [0.29, 0.717) is 12.2 Å². The second-order valence-electron chi connectivity index (χ2n) is 4.26. The fourth-order valence-corrected chi connectivity index (χ4v) is 2.72. The molecule has 1 aromatic rings. The molecule has 0 aromatic carbocycles. The van der Waals surface area contributed by atoms with Gasteiger partial charge < -0.3 is 10.7 Å². The molecule has 1 aromatic heterocycles. The molecular weight excluding hydrogens is 240 g/mol. The number of hydrogen-bond donors (Lipinski definition) is 3. The molecule has 1 heterocycles. The predicted octanol–water partition coefficient (Wildman–Crippen LogP) is 0.234. The van der Waals surface area contributed by atoms with E-state index in [1.165, 1.54) is 6.20 Å². The standard InChI is InChI=1S/C10H20N4O2S/c1-4-9-12-6-10(13-9)17(15,16)14-8(5-11)7(2)3/h6-8,14H,4-5,11H2,1-3H3,(H,12,13). The predicted molar refractivity (Wildman–Crippen MR) is 66.0 cm³/mol.